The second-order valence-electron chi connectivity index (χ2n) is 5.37. The molecule has 0 aliphatic heterocycles. The first-order chi connectivity index (χ1) is 12.2. The molecular formula is C16H16FN3O5S. The maximum Gasteiger partial charge on any atom is 0.270 e. The zero-order chi connectivity index (χ0) is 19.3. The molecule has 2 aromatic carbocycles. The molecule has 0 unspecified atom stereocenters. The summed E-state index contributed by atoms with van der Waals surface area (Å²) in [6.07, 6.45) is 0. The number of halogens is 1. The molecule has 0 heterocycles. The highest BCUT2D eigenvalue weighted by molar-refractivity contribution is 7.89. The summed E-state index contributed by atoms with van der Waals surface area (Å²) in [5.41, 5.74) is 0.184. The molecule has 138 valence electrons. The molecule has 10 heteroatoms. The topological polar surface area (TPSA) is 118 Å². The van der Waals surface area contributed by atoms with E-state index in [4.69, 9.17) is 0 Å². The van der Waals surface area contributed by atoms with Crippen LogP contribution >= 0.6 is 0 Å². The van der Waals surface area contributed by atoms with Gasteiger partial charge in [0.1, 0.15) is 5.82 Å². The van der Waals surface area contributed by atoms with E-state index in [1.54, 1.807) is 6.92 Å². The van der Waals surface area contributed by atoms with Crippen LogP contribution < -0.4 is 10.0 Å². The van der Waals surface area contributed by atoms with Crippen LogP contribution in [0.3, 0.4) is 0 Å². The minimum Gasteiger partial charge on any atom is -0.351 e. The van der Waals surface area contributed by atoms with Crippen LogP contribution in [-0.2, 0) is 10.0 Å². The fourth-order valence-electron chi connectivity index (χ4n) is 2.05. The number of nitro groups is 1. The zero-order valence-corrected chi connectivity index (χ0v) is 14.5. The molecule has 0 fully saturated rings. The second kappa shape index (κ2) is 8.02. The third-order valence-electron chi connectivity index (χ3n) is 3.48. The Morgan fingerprint density at radius 3 is 2.58 bits per heavy atom. The molecule has 2 N–H and O–H groups in total. The summed E-state index contributed by atoms with van der Waals surface area (Å²) in [7, 11) is -3.96. The van der Waals surface area contributed by atoms with Gasteiger partial charge in [-0.15, -0.1) is 0 Å². The van der Waals surface area contributed by atoms with Crippen molar-refractivity contribution in [3.05, 3.63) is 69.5 Å². The van der Waals surface area contributed by atoms with E-state index < -0.39 is 26.7 Å². The molecule has 0 saturated heterocycles. The molecule has 1 amide bonds. The van der Waals surface area contributed by atoms with Crippen molar-refractivity contribution in [3.8, 4) is 0 Å². The molecule has 0 bridgehead atoms. The first-order valence-corrected chi connectivity index (χ1v) is 8.97. The molecule has 26 heavy (non-hydrogen) atoms. The van der Waals surface area contributed by atoms with Gasteiger partial charge in [-0.2, -0.15) is 0 Å². The minimum absolute atomic E-state index is 0.0392. The number of nitro benzene ring substituents is 1. The van der Waals surface area contributed by atoms with Gasteiger partial charge >= 0.3 is 0 Å². The smallest absolute Gasteiger partial charge is 0.270 e. The molecule has 2 aromatic rings. The van der Waals surface area contributed by atoms with E-state index in [2.05, 4.69) is 10.0 Å². The lowest BCUT2D eigenvalue weighted by atomic mass is 10.1. The molecule has 0 spiro atoms. The van der Waals surface area contributed by atoms with Crippen LogP contribution in [0.25, 0.3) is 0 Å². The number of carbonyl (C=O) groups excluding carboxylic acids is 1. The normalized spacial score (nSPS) is 11.2. The Kier molecular flexibility index (Phi) is 6.01. The lowest BCUT2D eigenvalue weighted by Crippen LogP contribution is -2.34. The Balaban J connectivity index is 1.92. The van der Waals surface area contributed by atoms with E-state index in [1.165, 1.54) is 30.3 Å². The highest BCUT2D eigenvalue weighted by Gasteiger charge is 2.17. The third-order valence-corrected chi connectivity index (χ3v) is 4.93. The molecular weight excluding hydrogens is 365 g/mol. The largest absolute Gasteiger partial charge is 0.351 e. The first-order valence-electron chi connectivity index (χ1n) is 7.49. The fraction of sp³-hybridized carbons (Fsp3) is 0.188. The average molecular weight is 381 g/mol. The number of rotatable bonds is 7. The number of nitrogens with one attached hydrogen (secondary N) is 2. The lowest BCUT2D eigenvalue weighted by Gasteiger charge is -2.08. The number of aryl methyl sites for hydroxylation is 1. The third kappa shape index (κ3) is 4.83. The Morgan fingerprint density at radius 1 is 1.19 bits per heavy atom. The summed E-state index contributed by atoms with van der Waals surface area (Å²) >= 11 is 0. The molecule has 0 saturated carbocycles. The quantitative estimate of drug-likeness (QED) is 0.430. The van der Waals surface area contributed by atoms with Crippen molar-refractivity contribution in [2.75, 3.05) is 13.1 Å². The standard InChI is InChI=1S/C16H16FN3O5S/c1-11-5-6-12(9-15(11)17)16(21)18-7-8-19-26(24,25)14-4-2-3-13(10-14)20(22)23/h2-6,9-10,19H,7-8H2,1H3,(H,18,21). The maximum absolute atomic E-state index is 13.4. The van der Waals surface area contributed by atoms with Gasteiger partial charge in [-0.1, -0.05) is 12.1 Å². The summed E-state index contributed by atoms with van der Waals surface area (Å²) in [5, 5.41) is 13.2. The van der Waals surface area contributed by atoms with Crippen LogP contribution in [-0.4, -0.2) is 32.3 Å². The van der Waals surface area contributed by atoms with Crippen LogP contribution in [0.15, 0.2) is 47.4 Å². The number of non-ortho nitro benzene ring substituents is 1. The van der Waals surface area contributed by atoms with Gasteiger partial charge < -0.3 is 5.32 Å². The van der Waals surface area contributed by atoms with E-state index in [9.17, 15) is 27.7 Å². The molecule has 0 aliphatic rings. The number of sulfonamides is 1. The van der Waals surface area contributed by atoms with Crippen LogP contribution in [0, 0.1) is 22.9 Å². The van der Waals surface area contributed by atoms with Crippen molar-refractivity contribution >= 4 is 21.6 Å². The summed E-state index contributed by atoms with van der Waals surface area (Å²) < 4.78 is 39.9. The Bertz CT molecular complexity index is 947. The first kappa shape index (κ1) is 19.5. The number of hydrogen-bond donors (Lipinski definition) is 2. The van der Waals surface area contributed by atoms with Crippen LogP contribution in [0.4, 0.5) is 10.1 Å². The highest BCUT2D eigenvalue weighted by Crippen LogP contribution is 2.16. The molecule has 0 aliphatic carbocycles. The maximum atomic E-state index is 13.4. The van der Waals surface area contributed by atoms with E-state index in [-0.39, 0.29) is 29.2 Å². The minimum atomic E-state index is -3.96. The fourth-order valence-corrected chi connectivity index (χ4v) is 3.12. The number of hydrogen-bond acceptors (Lipinski definition) is 5. The second-order valence-corrected chi connectivity index (χ2v) is 7.14. The highest BCUT2D eigenvalue weighted by atomic mass is 32.2. The summed E-state index contributed by atoms with van der Waals surface area (Å²) in [6, 6.07) is 8.63. The summed E-state index contributed by atoms with van der Waals surface area (Å²) in [4.78, 5) is 21.7. The summed E-state index contributed by atoms with van der Waals surface area (Å²) in [6.45, 7) is 1.40. The Morgan fingerprint density at radius 2 is 1.92 bits per heavy atom. The van der Waals surface area contributed by atoms with Crippen LogP contribution in [0.2, 0.25) is 0 Å². The molecule has 0 atom stereocenters. The Hall–Kier alpha value is -2.85. The van der Waals surface area contributed by atoms with Crippen molar-refractivity contribution < 1.29 is 22.5 Å². The SMILES string of the molecule is Cc1ccc(C(=O)NCCNS(=O)(=O)c2cccc([N+](=O)[O-])c2)cc1F. The number of nitrogens with zero attached hydrogens (tertiary/aromatic N) is 1. The summed E-state index contributed by atoms with van der Waals surface area (Å²) in [5.74, 6) is -1.05. The van der Waals surface area contributed by atoms with Crippen molar-refractivity contribution in [2.45, 2.75) is 11.8 Å². The van der Waals surface area contributed by atoms with Crippen LogP contribution in [0.1, 0.15) is 15.9 Å². The van der Waals surface area contributed by atoms with E-state index in [1.807, 2.05) is 0 Å². The van der Waals surface area contributed by atoms with Crippen molar-refractivity contribution in [1.82, 2.24) is 10.0 Å². The molecule has 0 aromatic heterocycles. The zero-order valence-electron chi connectivity index (χ0n) is 13.7. The van der Waals surface area contributed by atoms with Crippen LogP contribution in [0.5, 0.6) is 0 Å². The van der Waals surface area contributed by atoms with Gasteiger partial charge in [0.25, 0.3) is 11.6 Å². The molecule has 8 nitrogen and oxygen atoms in total. The van der Waals surface area contributed by atoms with Gasteiger partial charge in [0.2, 0.25) is 10.0 Å². The number of benzene rings is 2. The predicted octanol–water partition coefficient (Wildman–Crippen LogP) is 1.75. The van der Waals surface area contributed by atoms with Gasteiger partial charge in [0, 0.05) is 30.8 Å². The van der Waals surface area contributed by atoms with E-state index in [0.717, 1.165) is 12.1 Å². The van der Waals surface area contributed by atoms with Gasteiger partial charge in [0.05, 0.1) is 9.82 Å². The lowest BCUT2D eigenvalue weighted by molar-refractivity contribution is -0.385. The van der Waals surface area contributed by atoms with Crippen molar-refractivity contribution in [1.29, 1.82) is 0 Å². The van der Waals surface area contributed by atoms with E-state index in [0.29, 0.717) is 5.56 Å². The van der Waals surface area contributed by atoms with E-state index >= 15 is 0 Å². The van der Waals surface area contributed by atoms with Crippen molar-refractivity contribution in [3.63, 3.8) is 0 Å². The van der Waals surface area contributed by atoms with Gasteiger partial charge in [-0.25, -0.2) is 17.5 Å². The van der Waals surface area contributed by atoms with Gasteiger partial charge in [-0.3, -0.25) is 14.9 Å². The number of amides is 1. The van der Waals surface area contributed by atoms with Gasteiger partial charge in [0.15, 0.2) is 0 Å². The molecule has 2 rings (SSSR count). The Labute approximate surface area is 149 Å². The molecule has 0 radical (unpaired) electrons. The predicted molar refractivity (Wildman–Crippen MR) is 91.8 cm³/mol. The number of carbonyl (C=O) groups is 1. The monoisotopic (exact) mass is 381 g/mol. The van der Waals surface area contributed by atoms with Crippen molar-refractivity contribution in [2.24, 2.45) is 0 Å². The average Bonchev–Trinajstić information content (AvgIpc) is 2.61. The van der Waals surface area contributed by atoms with Gasteiger partial charge in [-0.05, 0) is 30.7 Å².